The number of benzene rings is 5. The van der Waals surface area contributed by atoms with Crippen LogP contribution in [0, 0.1) is 6.92 Å². The number of nitrogens with zero attached hydrogens (tertiary/aromatic N) is 3. The maximum Gasteiger partial charge on any atom is 0.252 e. The first-order chi connectivity index (χ1) is 25.9. The Hall–Kier alpha value is -4.44. The molecule has 0 radical (unpaired) electrons. The lowest BCUT2D eigenvalue weighted by Crippen LogP contribution is -2.66. The molecule has 2 saturated carbocycles. The summed E-state index contributed by atoms with van der Waals surface area (Å²) in [6.45, 7) is 17.9. The molecule has 0 aromatic heterocycles. The average Bonchev–Trinajstić information content (AvgIpc) is 3.51. The fourth-order valence-corrected chi connectivity index (χ4v) is 13.8. The van der Waals surface area contributed by atoms with Crippen molar-refractivity contribution < 1.29 is 0 Å². The van der Waals surface area contributed by atoms with Gasteiger partial charge in [0.15, 0.2) is 0 Å². The van der Waals surface area contributed by atoms with E-state index in [1.807, 2.05) is 0 Å². The summed E-state index contributed by atoms with van der Waals surface area (Å²) >= 11 is 0. The molecule has 5 heterocycles. The van der Waals surface area contributed by atoms with E-state index in [-0.39, 0.29) is 34.0 Å². The number of anilines is 7. The van der Waals surface area contributed by atoms with E-state index in [4.69, 9.17) is 0 Å². The van der Waals surface area contributed by atoms with Gasteiger partial charge in [-0.2, -0.15) is 0 Å². The van der Waals surface area contributed by atoms with Crippen molar-refractivity contribution in [3.8, 4) is 0 Å². The molecule has 5 aliphatic heterocycles. The summed E-state index contributed by atoms with van der Waals surface area (Å²) in [5.41, 5.74) is 21.9. The van der Waals surface area contributed by atoms with Crippen LogP contribution in [0.5, 0.6) is 0 Å². The van der Waals surface area contributed by atoms with Crippen molar-refractivity contribution in [2.45, 2.75) is 127 Å². The summed E-state index contributed by atoms with van der Waals surface area (Å²) < 4.78 is 0. The van der Waals surface area contributed by atoms with Gasteiger partial charge in [-0.3, -0.25) is 0 Å². The quantitative estimate of drug-likeness (QED) is 0.161. The Morgan fingerprint density at radius 1 is 0.500 bits per heavy atom. The number of aryl methyl sites for hydroxylation is 1. The zero-order valence-corrected chi connectivity index (χ0v) is 33.2. The maximum atomic E-state index is 2.92. The van der Waals surface area contributed by atoms with Gasteiger partial charge in [0.2, 0.25) is 0 Å². The lowest BCUT2D eigenvalue weighted by Gasteiger charge is -2.55. The highest BCUT2D eigenvalue weighted by Gasteiger charge is 2.65. The van der Waals surface area contributed by atoms with Crippen LogP contribution in [-0.4, -0.2) is 17.8 Å². The summed E-state index contributed by atoms with van der Waals surface area (Å²) in [5, 5.41) is 0. The monoisotopic (exact) mass is 705 g/mol. The van der Waals surface area contributed by atoms with E-state index >= 15 is 0 Å². The van der Waals surface area contributed by atoms with Gasteiger partial charge in [-0.15, -0.1) is 0 Å². The highest BCUT2D eigenvalue weighted by molar-refractivity contribution is 7.00. The normalized spacial score (nSPS) is 29.8. The van der Waals surface area contributed by atoms with Crippen LogP contribution < -0.4 is 31.1 Å². The van der Waals surface area contributed by atoms with Gasteiger partial charge in [-0.1, -0.05) is 126 Å². The van der Waals surface area contributed by atoms with Crippen molar-refractivity contribution in [3.05, 3.63) is 119 Å². The van der Waals surface area contributed by atoms with Crippen LogP contribution in [0.3, 0.4) is 0 Å². The SMILES string of the molecule is Cc1cc2c3c(c1)C1(C)CCCCC1(C)N3c1cc(N3c4ccccc4C(C)(C)c4ccccc43)cc3c1B2c1cccc2c1N3C1(C)CCCCC21C. The van der Waals surface area contributed by atoms with Gasteiger partial charge in [-0.05, 0) is 109 Å². The average molecular weight is 706 g/mol. The zero-order chi connectivity index (χ0) is 36.7. The zero-order valence-electron chi connectivity index (χ0n) is 33.2. The maximum absolute atomic E-state index is 2.92. The van der Waals surface area contributed by atoms with Crippen LogP contribution in [0.15, 0.2) is 91.0 Å². The first-order valence-electron chi connectivity index (χ1n) is 21.0. The first-order valence-corrected chi connectivity index (χ1v) is 21.0. The third kappa shape index (κ3) is 3.35. The van der Waals surface area contributed by atoms with E-state index in [1.54, 1.807) is 16.6 Å². The van der Waals surface area contributed by atoms with Crippen molar-refractivity contribution in [3.63, 3.8) is 0 Å². The Kier molecular flexibility index (Phi) is 5.82. The standard InChI is InChI=1S/C50H52BN3/c1-31-27-36-45-38(28-31)51-37-20-16-19-35-44(37)53(49(6)25-14-12-23-47(35,49)4)41-29-32(30-42(43(41)51)54(45)50(7)26-15-13-24-48(36,50)5)52-39-21-10-8-17-33(39)46(2,3)34-18-9-11-22-40(34)52/h8-11,16-22,27-30H,12-15,23-26H2,1-7H3. The number of para-hydroxylation sites is 3. The summed E-state index contributed by atoms with van der Waals surface area (Å²) in [7, 11) is 0. The van der Waals surface area contributed by atoms with Crippen molar-refractivity contribution in [1.29, 1.82) is 0 Å². The largest absolute Gasteiger partial charge is 0.335 e. The second-order valence-electron chi connectivity index (χ2n) is 19.6. The highest BCUT2D eigenvalue weighted by atomic mass is 15.3. The second-order valence-corrected chi connectivity index (χ2v) is 19.6. The lowest BCUT2D eigenvalue weighted by atomic mass is 9.33. The summed E-state index contributed by atoms with van der Waals surface area (Å²) in [5.74, 6) is 0. The van der Waals surface area contributed by atoms with Crippen LogP contribution in [0.2, 0.25) is 0 Å². The smallest absolute Gasteiger partial charge is 0.252 e. The molecule has 3 nitrogen and oxygen atoms in total. The molecular weight excluding hydrogens is 653 g/mol. The van der Waals surface area contributed by atoms with E-state index in [0.29, 0.717) is 0 Å². The summed E-state index contributed by atoms with van der Waals surface area (Å²) in [6, 6.07) is 36.3. The number of fused-ring (bicyclic) bond motifs is 12. The molecular formula is C50H52BN3. The molecule has 12 rings (SSSR count). The van der Waals surface area contributed by atoms with Crippen LogP contribution in [0.4, 0.5) is 39.8 Å². The summed E-state index contributed by atoms with van der Waals surface area (Å²) in [4.78, 5) is 8.47. The minimum atomic E-state index is -0.102. The van der Waals surface area contributed by atoms with Crippen molar-refractivity contribution in [2.24, 2.45) is 0 Å². The minimum Gasteiger partial charge on any atom is -0.335 e. The van der Waals surface area contributed by atoms with E-state index in [0.717, 1.165) is 0 Å². The topological polar surface area (TPSA) is 9.72 Å². The predicted octanol–water partition coefficient (Wildman–Crippen LogP) is 10.7. The molecule has 0 N–H and O–H groups in total. The van der Waals surface area contributed by atoms with Crippen molar-refractivity contribution in [1.82, 2.24) is 0 Å². The van der Waals surface area contributed by atoms with Gasteiger partial charge in [0.1, 0.15) is 0 Å². The second kappa shape index (κ2) is 9.86. The van der Waals surface area contributed by atoms with Gasteiger partial charge in [0.05, 0.1) is 28.1 Å². The Morgan fingerprint density at radius 3 is 1.63 bits per heavy atom. The molecule has 0 amide bonds. The van der Waals surface area contributed by atoms with Crippen LogP contribution in [0.1, 0.15) is 121 Å². The predicted molar refractivity (Wildman–Crippen MR) is 228 cm³/mol. The van der Waals surface area contributed by atoms with Crippen LogP contribution in [-0.2, 0) is 16.2 Å². The molecule has 2 fully saturated rings. The highest BCUT2D eigenvalue weighted by Crippen LogP contribution is 2.65. The van der Waals surface area contributed by atoms with Gasteiger partial charge >= 0.3 is 0 Å². The van der Waals surface area contributed by atoms with Gasteiger partial charge in [0.25, 0.3) is 6.71 Å². The van der Waals surface area contributed by atoms with Crippen molar-refractivity contribution >= 4 is 62.9 Å². The summed E-state index contributed by atoms with van der Waals surface area (Å²) in [6.07, 6.45) is 10.1. The minimum absolute atomic E-state index is 0.00688. The van der Waals surface area contributed by atoms with Crippen molar-refractivity contribution in [2.75, 3.05) is 14.7 Å². The van der Waals surface area contributed by atoms with E-state index in [2.05, 4.69) is 154 Å². The Balaban J connectivity index is 1.23. The molecule has 4 unspecified atom stereocenters. The number of hydrogen-bond acceptors (Lipinski definition) is 3. The third-order valence-corrected chi connectivity index (χ3v) is 16.9. The molecule has 54 heavy (non-hydrogen) atoms. The third-order valence-electron chi connectivity index (χ3n) is 16.9. The molecule has 4 heteroatoms. The first kappa shape index (κ1) is 31.9. The molecule has 2 aliphatic carbocycles. The molecule has 7 aliphatic rings. The number of rotatable bonds is 1. The van der Waals surface area contributed by atoms with Crippen LogP contribution in [0.25, 0.3) is 0 Å². The molecule has 0 bridgehead atoms. The molecule has 0 spiro atoms. The van der Waals surface area contributed by atoms with E-state index < -0.39 is 0 Å². The van der Waals surface area contributed by atoms with Gasteiger partial charge in [-0.25, -0.2) is 0 Å². The molecule has 5 aromatic carbocycles. The van der Waals surface area contributed by atoms with Crippen LogP contribution >= 0.6 is 0 Å². The fraction of sp³-hybridized carbons (Fsp3) is 0.400. The van der Waals surface area contributed by atoms with Gasteiger partial charge < -0.3 is 14.7 Å². The van der Waals surface area contributed by atoms with E-state index in [1.165, 1.54) is 119 Å². The van der Waals surface area contributed by atoms with Gasteiger partial charge in [0, 0.05) is 39.0 Å². The molecule has 5 aromatic rings. The molecule has 270 valence electrons. The Bertz CT molecular complexity index is 2450. The van der Waals surface area contributed by atoms with E-state index in [9.17, 15) is 0 Å². The fourth-order valence-electron chi connectivity index (χ4n) is 13.8. The molecule has 0 saturated heterocycles. The number of hydrogen-bond donors (Lipinski definition) is 0. The molecule has 4 atom stereocenters. The Morgan fingerprint density at radius 2 is 1.02 bits per heavy atom. The Labute approximate surface area is 322 Å². The lowest BCUT2D eigenvalue weighted by molar-refractivity contribution is 0.194.